The highest BCUT2D eigenvalue weighted by Gasteiger charge is 2.66. The summed E-state index contributed by atoms with van der Waals surface area (Å²) >= 11 is 1.40. The van der Waals surface area contributed by atoms with Crippen molar-refractivity contribution in [3.8, 4) is 0 Å². The zero-order chi connectivity index (χ0) is 12.1. The average Bonchev–Trinajstić information content (AvgIpc) is 2.41. The van der Waals surface area contributed by atoms with Crippen LogP contribution in [0.5, 0.6) is 0 Å². The van der Waals surface area contributed by atoms with Gasteiger partial charge in [0.1, 0.15) is 5.92 Å². The largest absolute Gasteiger partial charge is 0.469 e. The molecule has 0 saturated carbocycles. The Morgan fingerprint density at radius 3 is 2.19 bits per heavy atom. The molecule has 2 rings (SSSR count). The van der Waals surface area contributed by atoms with E-state index in [0.717, 1.165) is 0 Å². The Bertz CT molecular complexity index is 364. The van der Waals surface area contributed by atoms with Gasteiger partial charge >= 0.3 is 17.8 Å². The number of likely N-dealkylation sites (N-methyl/N-ethyl adjacent to an activating group) is 2. The fourth-order valence-corrected chi connectivity index (χ4v) is 3.56. The van der Waals surface area contributed by atoms with E-state index < -0.39 is 22.7 Å². The third kappa shape index (κ3) is 1.06. The Morgan fingerprint density at radius 1 is 1.38 bits per heavy atom. The third-order valence-electron chi connectivity index (χ3n) is 3.16. The van der Waals surface area contributed by atoms with Gasteiger partial charge in [0.15, 0.2) is 4.99 Å². The second kappa shape index (κ2) is 3.38. The van der Waals surface area contributed by atoms with Crippen LogP contribution in [0.2, 0.25) is 0 Å². The van der Waals surface area contributed by atoms with E-state index in [2.05, 4.69) is 4.74 Å². The van der Waals surface area contributed by atoms with E-state index in [1.54, 1.807) is 0 Å². The first kappa shape index (κ1) is 11.3. The van der Waals surface area contributed by atoms with Gasteiger partial charge in [0, 0.05) is 19.8 Å². The number of esters is 1. The summed E-state index contributed by atoms with van der Waals surface area (Å²) in [5.41, 5.74) is 0. The van der Waals surface area contributed by atoms with Crippen LogP contribution in [0.25, 0.3) is 0 Å². The van der Waals surface area contributed by atoms with Crippen LogP contribution in [-0.2, 0) is 19.1 Å². The zero-order valence-electron chi connectivity index (χ0n) is 9.22. The van der Waals surface area contributed by atoms with Crippen LogP contribution in [0.15, 0.2) is 0 Å². The molecule has 6 nitrogen and oxygen atoms in total. The van der Waals surface area contributed by atoms with Crippen molar-refractivity contribution in [2.24, 2.45) is 5.92 Å². The maximum atomic E-state index is 11.5. The standard InChI is InChI=1S/C9H12N2O4S/c1-10-6(12)7(13)11(2)9(10)5(4-16-9)8(14)15-3/h5H,4H2,1-3H3/t5-/m1/s1. The molecule has 2 saturated heterocycles. The highest BCUT2D eigenvalue weighted by Crippen LogP contribution is 2.52. The molecule has 2 fully saturated rings. The number of ether oxygens (including phenoxy) is 1. The van der Waals surface area contributed by atoms with E-state index in [1.807, 2.05) is 0 Å². The molecule has 2 heterocycles. The van der Waals surface area contributed by atoms with Crippen molar-refractivity contribution in [1.82, 2.24) is 9.80 Å². The van der Waals surface area contributed by atoms with Gasteiger partial charge in [0.05, 0.1) is 7.11 Å². The summed E-state index contributed by atoms with van der Waals surface area (Å²) < 4.78 is 4.68. The fourth-order valence-electron chi connectivity index (χ4n) is 2.14. The van der Waals surface area contributed by atoms with Crippen LogP contribution in [0, 0.1) is 5.92 Å². The Labute approximate surface area is 96.9 Å². The molecule has 2 aliphatic rings. The maximum Gasteiger partial charge on any atom is 0.314 e. The predicted molar refractivity (Wildman–Crippen MR) is 56.2 cm³/mol. The first-order valence-electron chi connectivity index (χ1n) is 4.74. The van der Waals surface area contributed by atoms with Crippen LogP contribution in [0.4, 0.5) is 0 Å². The molecule has 0 aromatic carbocycles. The summed E-state index contributed by atoms with van der Waals surface area (Å²) in [6.07, 6.45) is 0. The summed E-state index contributed by atoms with van der Waals surface area (Å²) in [5, 5.41) is 0. The number of nitrogens with zero attached hydrogens (tertiary/aromatic N) is 2. The van der Waals surface area contributed by atoms with E-state index >= 15 is 0 Å². The second-order valence-electron chi connectivity index (χ2n) is 3.77. The number of amides is 2. The van der Waals surface area contributed by atoms with Gasteiger partial charge < -0.3 is 14.5 Å². The molecule has 0 aromatic heterocycles. The molecule has 16 heavy (non-hydrogen) atoms. The summed E-state index contributed by atoms with van der Waals surface area (Å²) in [5.74, 6) is -1.46. The molecule has 7 heteroatoms. The van der Waals surface area contributed by atoms with Crippen LogP contribution in [0.3, 0.4) is 0 Å². The van der Waals surface area contributed by atoms with Crippen molar-refractivity contribution in [2.45, 2.75) is 4.99 Å². The molecule has 0 bridgehead atoms. The molecular formula is C9H12N2O4S. The second-order valence-corrected chi connectivity index (χ2v) is 5.00. The highest BCUT2D eigenvalue weighted by molar-refractivity contribution is 8.02. The van der Waals surface area contributed by atoms with Gasteiger partial charge in [-0.1, -0.05) is 0 Å². The van der Waals surface area contributed by atoms with Gasteiger partial charge in [-0.3, -0.25) is 14.4 Å². The quantitative estimate of drug-likeness (QED) is 0.442. The number of rotatable bonds is 1. The molecular weight excluding hydrogens is 232 g/mol. The fraction of sp³-hybridized carbons (Fsp3) is 0.667. The summed E-state index contributed by atoms with van der Waals surface area (Å²) in [7, 11) is 4.37. The van der Waals surface area contributed by atoms with Crippen molar-refractivity contribution in [3.05, 3.63) is 0 Å². The number of carbonyl (C=O) groups excluding carboxylic acids is 3. The van der Waals surface area contributed by atoms with Gasteiger partial charge in [0.2, 0.25) is 0 Å². The number of hydrogen-bond acceptors (Lipinski definition) is 5. The third-order valence-corrected chi connectivity index (χ3v) is 4.91. The topological polar surface area (TPSA) is 66.9 Å². The first-order chi connectivity index (χ1) is 7.46. The molecule has 1 atom stereocenters. The normalized spacial score (nSPS) is 27.3. The summed E-state index contributed by atoms with van der Waals surface area (Å²) in [4.78, 5) is 36.4. The molecule has 0 aliphatic carbocycles. The molecule has 0 aromatic rings. The number of carbonyl (C=O) groups is 3. The minimum Gasteiger partial charge on any atom is -0.469 e. The molecule has 0 N–H and O–H groups in total. The van der Waals surface area contributed by atoms with Crippen LogP contribution < -0.4 is 0 Å². The monoisotopic (exact) mass is 244 g/mol. The molecule has 0 unspecified atom stereocenters. The van der Waals surface area contributed by atoms with Crippen molar-refractivity contribution in [3.63, 3.8) is 0 Å². The summed E-state index contributed by atoms with van der Waals surface area (Å²) in [6, 6.07) is 0. The van der Waals surface area contributed by atoms with Crippen LogP contribution in [0.1, 0.15) is 0 Å². The Kier molecular flexibility index (Phi) is 2.37. The summed E-state index contributed by atoms with van der Waals surface area (Å²) in [6.45, 7) is 0. The minimum atomic E-state index is -0.874. The molecule has 88 valence electrons. The van der Waals surface area contributed by atoms with E-state index in [-0.39, 0.29) is 5.97 Å². The van der Waals surface area contributed by atoms with Gasteiger partial charge in [-0.25, -0.2) is 0 Å². The zero-order valence-corrected chi connectivity index (χ0v) is 10.0. The lowest BCUT2D eigenvalue weighted by molar-refractivity contribution is -0.151. The SMILES string of the molecule is COC(=O)[C@H]1CSC12N(C)C(=O)C(=O)N2C. The molecule has 2 amide bonds. The van der Waals surface area contributed by atoms with E-state index in [0.29, 0.717) is 5.75 Å². The van der Waals surface area contributed by atoms with Gasteiger partial charge in [-0.2, -0.15) is 0 Å². The first-order valence-corrected chi connectivity index (χ1v) is 5.73. The van der Waals surface area contributed by atoms with Crippen LogP contribution >= 0.6 is 11.8 Å². The average molecular weight is 244 g/mol. The Morgan fingerprint density at radius 2 is 1.88 bits per heavy atom. The molecule has 2 aliphatic heterocycles. The number of methoxy groups -OCH3 is 1. The van der Waals surface area contributed by atoms with Crippen molar-refractivity contribution in [2.75, 3.05) is 27.0 Å². The lowest BCUT2D eigenvalue weighted by Crippen LogP contribution is -2.64. The molecule has 1 spiro atoms. The van der Waals surface area contributed by atoms with Crippen molar-refractivity contribution < 1.29 is 19.1 Å². The minimum absolute atomic E-state index is 0.389. The van der Waals surface area contributed by atoms with Crippen molar-refractivity contribution in [1.29, 1.82) is 0 Å². The number of hydrogen-bond donors (Lipinski definition) is 0. The van der Waals surface area contributed by atoms with Crippen molar-refractivity contribution >= 4 is 29.5 Å². The van der Waals surface area contributed by atoms with Crippen LogP contribution in [-0.4, -0.2) is 59.5 Å². The number of thioether (sulfide) groups is 1. The molecule has 0 radical (unpaired) electrons. The lowest BCUT2D eigenvalue weighted by Gasteiger charge is -2.50. The lowest BCUT2D eigenvalue weighted by atomic mass is 10.1. The Hall–Kier alpha value is -1.24. The maximum absolute atomic E-state index is 11.5. The smallest absolute Gasteiger partial charge is 0.314 e. The predicted octanol–water partition coefficient (Wildman–Crippen LogP) is -0.893. The van der Waals surface area contributed by atoms with E-state index in [4.69, 9.17) is 0 Å². The Balaban J connectivity index is 2.35. The highest BCUT2D eigenvalue weighted by atomic mass is 32.2. The van der Waals surface area contributed by atoms with Gasteiger partial charge in [-0.15, -0.1) is 11.8 Å². The van der Waals surface area contributed by atoms with E-state index in [1.165, 1.54) is 42.8 Å². The van der Waals surface area contributed by atoms with E-state index in [9.17, 15) is 14.4 Å². The van der Waals surface area contributed by atoms with Gasteiger partial charge in [0.25, 0.3) is 0 Å². The van der Waals surface area contributed by atoms with Gasteiger partial charge in [-0.05, 0) is 0 Å².